The lowest BCUT2D eigenvalue weighted by atomic mass is 10.00. The van der Waals surface area contributed by atoms with Crippen molar-refractivity contribution in [1.82, 2.24) is 15.1 Å². The van der Waals surface area contributed by atoms with Gasteiger partial charge in [-0.05, 0) is 60.6 Å². The van der Waals surface area contributed by atoms with Gasteiger partial charge < -0.3 is 15.1 Å². The molecule has 2 aliphatic rings. The Balaban J connectivity index is 0.00000176. The molecule has 4 rings (SSSR count). The number of rotatable bonds is 6. The maximum atomic E-state index is 13.7. The summed E-state index contributed by atoms with van der Waals surface area (Å²) in [5.41, 5.74) is 4.03. The number of fused-ring (bicyclic) bond motifs is 1. The van der Waals surface area contributed by atoms with E-state index in [4.69, 9.17) is 5.26 Å². The number of hydrogen-bond donors (Lipinski definition) is 1. The highest BCUT2D eigenvalue weighted by atomic mass is 16.2. The topological polar surface area (TPSA) is 93.5 Å². The Hall–Kier alpha value is -3.66. The van der Waals surface area contributed by atoms with Crippen LogP contribution < -0.4 is 5.32 Å². The number of nitrogens with zero attached hydrogens (tertiary/aromatic N) is 3. The highest BCUT2D eigenvalue weighted by molar-refractivity contribution is 6.01. The summed E-state index contributed by atoms with van der Waals surface area (Å²) in [5.74, 6) is -0.563. The van der Waals surface area contributed by atoms with E-state index in [-0.39, 0.29) is 23.6 Å². The van der Waals surface area contributed by atoms with Crippen LogP contribution in [0.3, 0.4) is 0 Å². The van der Waals surface area contributed by atoms with Gasteiger partial charge >= 0.3 is 0 Å². The lowest BCUT2D eigenvalue weighted by molar-refractivity contribution is -0.143. The Morgan fingerprint density at radius 1 is 1.17 bits per heavy atom. The Morgan fingerprint density at radius 2 is 1.89 bits per heavy atom. The minimum absolute atomic E-state index is 0.0867. The molecular weight excluding hydrogens is 452 g/mol. The molecule has 2 unspecified atom stereocenters. The first-order valence-electron chi connectivity index (χ1n) is 12.8. The molecule has 36 heavy (non-hydrogen) atoms. The number of nitrogens with one attached hydrogen (secondary N) is 1. The summed E-state index contributed by atoms with van der Waals surface area (Å²) in [7, 11) is 0. The molecule has 7 heteroatoms. The second-order valence-electron chi connectivity index (χ2n) is 9.44. The Kier molecular flexibility index (Phi) is 8.87. The third kappa shape index (κ3) is 5.43. The molecule has 1 N–H and O–H groups in total. The van der Waals surface area contributed by atoms with Crippen molar-refractivity contribution in [2.75, 3.05) is 6.54 Å². The number of benzene rings is 2. The van der Waals surface area contributed by atoms with E-state index in [1.807, 2.05) is 58.9 Å². The van der Waals surface area contributed by atoms with Crippen LogP contribution in [0, 0.1) is 24.2 Å². The first kappa shape index (κ1) is 26.9. The smallest absolute Gasteiger partial charge is 0.255 e. The van der Waals surface area contributed by atoms with Gasteiger partial charge in [0.1, 0.15) is 12.1 Å². The SMILES string of the molecule is CC.Cc1cc(C#N)ccc1CNC(=O)C1CCCN1C(=O)C(C(C)C)N1Cc2ccccc2C1=O. The molecule has 0 aromatic heterocycles. The average molecular weight is 489 g/mol. The van der Waals surface area contributed by atoms with Gasteiger partial charge in [-0.2, -0.15) is 5.26 Å². The fraction of sp³-hybridized carbons (Fsp3) is 0.448. The monoisotopic (exact) mass is 488 g/mol. The van der Waals surface area contributed by atoms with Crippen molar-refractivity contribution in [3.63, 3.8) is 0 Å². The summed E-state index contributed by atoms with van der Waals surface area (Å²) < 4.78 is 0. The van der Waals surface area contributed by atoms with Crippen LogP contribution in [0.2, 0.25) is 0 Å². The number of nitriles is 1. The van der Waals surface area contributed by atoms with Crippen molar-refractivity contribution < 1.29 is 14.4 Å². The minimum Gasteiger partial charge on any atom is -0.350 e. The van der Waals surface area contributed by atoms with Crippen molar-refractivity contribution in [2.45, 2.75) is 72.6 Å². The molecular formula is C29H36N4O3. The van der Waals surface area contributed by atoms with Gasteiger partial charge in [0.15, 0.2) is 0 Å². The number of hydrogen-bond acceptors (Lipinski definition) is 4. The molecule has 0 spiro atoms. The van der Waals surface area contributed by atoms with E-state index in [0.29, 0.717) is 37.2 Å². The van der Waals surface area contributed by atoms with Crippen LogP contribution in [-0.2, 0) is 22.7 Å². The van der Waals surface area contributed by atoms with Gasteiger partial charge in [0.25, 0.3) is 5.91 Å². The van der Waals surface area contributed by atoms with Crippen molar-refractivity contribution in [3.8, 4) is 6.07 Å². The summed E-state index contributed by atoms with van der Waals surface area (Å²) in [6.07, 6.45) is 1.35. The molecule has 7 nitrogen and oxygen atoms in total. The Morgan fingerprint density at radius 3 is 2.53 bits per heavy atom. The van der Waals surface area contributed by atoms with E-state index >= 15 is 0 Å². The van der Waals surface area contributed by atoms with E-state index in [1.165, 1.54) is 0 Å². The molecule has 2 aliphatic heterocycles. The predicted molar refractivity (Wildman–Crippen MR) is 139 cm³/mol. The quantitative estimate of drug-likeness (QED) is 0.660. The van der Waals surface area contributed by atoms with Crippen LogP contribution in [0.15, 0.2) is 42.5 Å². The van der Waals surface area contributed by atoms with Gasteiger partial charge in [-0.15, -0.1) is 0 Å². The summed E-state index contributed by atoms with van der Waals surface area (Å²) in [5, 5.41) is 12.0. The second-order valence-corrected chi connectivity index (χ2v) is 9.44. The number of aryl methyl sites for hydroxylation is 1. The fourth-order valence-corrected chi connectivity index (χ4v) is 5.02. The zero-order valence-corrected chi connectivity index (χ0v) is 21.9. The van der Waals surface area contributed by atoms with Crippen molar-refractivity contribution in [2.24, 2.45) is 5.92 Å². The molecule has 0 radical (unpaired) electrons. The second kappa shape index (κ2) is 11.9. The average Bonchev–Trinajstić information content (AvgIpc) is 3.50. The maximum Gasteiger partial charge on any atom is 0.255 e. The lowest BCUT2D eigenvalue weighted by Crippen LogP contribution is -2.55. The van der Waals surface area contributed by atoms with Crippen LogP contribution >= 0.6 is 0 Å². The van der Waals surface area contributed by atoms with Gasteiger partial charge in [0.05, 0.1) is 11.6 Å². The van der Waals surface area contributed by atoms with Gasteiger partial charge in [-0.1, -0.05) is 52.0 Å². The zero-order chi connectivity index (χ0) is 26.4. The molecule has 2 heterocycles. The van der Waals surface area contributed by atoms with Gasteiger partial charge in [0, 0.05) is 25.2 Å². The van der Waals surface area contributed by atoms with Crippen LogP contribution in [0.4, 0.5) is 0 Å². The first-order valence-corrected chi connectivity index (χ1v) is 12.8. The summed E-state index contributed by atoms with van der Waals surface area (Å²) in [6, 6.07) is 13.8. The molecule has 2 aromatic carbocycles. The number of carbonyl (C=O) groups excluding carboxylic acids is 3. The predicted octanol–water partition coefficient (Wildman–Crippen LogP) is 4.18. The Labute approximate surface area is 214 Å². The fourth-order valence-electron chi connectivity index (χ4n) is 5.02. The molecule has 2 aromatic rings. The molecule has 190 valence electrons. The third-order valence-electron chi connectivity index (χ3n) is 6.83. The standard InChI is InChI=1S/C27H30N4O3.C2H6/c1-17(2)24(31-16-21-7-4-5-8-22(21)26(31)33)27(34)30-12-6-9-23(30)25(32)29-15-20-11-10-19(14-28)13-18(20)3;1-2/h4-5,7-8,10-11,13,17,23-24H,6,9,12,15-16H2,1-3H3,(H,29,32);1-2H3. The van der Waals surface area contributed by atoms with Crippen molar-refractivity contribution >= 4 is 17.7 Å². The molecule has 1 saturated heterocycles. The summed E-state index contributed by atoms with van der Waals surface area (Å²) in [6.45, 7) is 11.0. The number of carbonyl (C=O) groups is 3. The van der Waals surface area contributed by atoms with E-state index in [1.54, 1.807) is 28.0 Å². The normalized spacial score (nSPS) is 17.2. The highest BCUT2D eigenvalue weighted by Gasteiger charge is 2.43. The van der Waals surface area contributed by atoms with E-state index < -0.39 is 12.1 Å². The van der Waals surface area contributed by atoms with Crippen LogP contribution in [-0.4, -0.2) is 46.1 Å². The van der Waals surface area contributed by atoms with E-state index in [2.05, 4.69) is 11.4 Å². The maximum absolute atomic E-state index is 13.7. The van der Waals surface area contributed by atoms with Crippen molar-refractivity contribution in [1.29, 1.82) is 5.26 Å². The first-order chi connectivity index (χ1) is 17.3. The molecule has 0 bridgehead atoms. The molecule has 0 saturated carbocycles. The molecule has 2 atom stereocenters. The van der Waals surface area contributed by atoms with Gasteiger partial charge in [-0.3, -0.25) is 14.4 Å². The van der Waals surface area contributed by atoms with Crippen LogP contribution in [0.25, 0.3) is 0 Å². The molecule has 0 aliphatic carbocycles. The van der Waals surface area contributed by atoms with Crippen LogP contribution in [0.1, 0.15) is 73.1 Å². The number of likely N-dealkylation sites (tertiary alicyclic amines) is 1. The van der Waals surface area contributed by atoms with Crippen LogP contribution in [0.5, 0.6) is 0 Å². The third-order valence-corrected chi connectivity index (χ3v) is 6.83. The van der Waals surface area contributed by atoms with E-state index in [9.17, 15) is 14.4 Å². The highest BCUT2D eigenvalue weighted by Crippen LogP contribution is 2.30. The van der Waals surface area contributed by atoms with Crippen molar-refractivity contribution in [3.05, 3.63) is 70.3 Å². The zero-order valence-electron chi connectivity index (χ0n) is 21.9. The Bertz CT molecular complexity index is 1170. The lowest BCUT2D eigenvalue weighted by Gasteiger charge is -2.35. The summed E-state index contributed by atoms with van der Waals surface area (Å²) in [4.78, 5) is 43.2. The molecule has 1 fully saturated rings. The van der Waals surface area contributed by atoms with E-state index in [0.717, 1.165) is 23.1 Å². The van der Waals surface area contributed by atoms with Gasteiger partial charge in [-0.25, -0.2) is 0 Å². The number of amides is 3. The largest absolute Gasteiger partial charge is 0.350 e. The van der Waals surface area contributed by atoms with Gasteiger partial charge in [0.2, 0.25) is 11.8 Å². The molecule has 3 amide bonds. The minimum atomic E-state index is -0.617. The summed E-state index contributed by atoms with van der Waals surface area (Å²) >= 11 is 0.